The lowest BCUT2D eigenvalue weighted by atomic mass is 10.2. The molecule has 0 saturated carbocycles. The fourth-order valence-corrected chi connectivity index (χ4v) is 2.31. The van der Waals surface area contributed by atoms with Crippen LogP contribution in [0.2, 0.25) is 0 Å². The Morgan fingerprint density at radius 1 is 0.667 bits per heavy atom. The summed E-state index contributed by atoms with van der Waals surface area (Å²) in [6.45, 7) is 0.956. The van der Waals surface area contributed by atoms with Gasteiger partial charge >= 0.3 is 0 Å². The molecule has 0 aliphatic carbocycles. The molecule has 0 N–H and O–H groups in total. The number of ether oxygens (including phenoxy) is 2. The van der Waals surface area contributed by atoms with Gasteiger partial charge in [0.05, 0.1) is 0 Å². The molecule has 3 rings (SSSR count). The van der Waals surface area contributed by atoms with Crippen molar-refractivity contribution in [3.63, 3.8) is 0 Å². The second kappa shape index (κ2) is 7.97. The number of aldehydes is 1. The van der Waals surface area contributed by atoms with Gasteiger partial charge in [0.2, 0.25) is 0 Å². The summed E-state index contributed by atoms with van der Waals surface area (Å²) in [5, 5.41) is 0. The standard InChI is InChI=1S/C21H18O3/c22-14-18-8-4-10-20(12-18)24-16-19-9-5-11-21(13-19)23-15-17-6-2-1-3-7-17/h1-14H,15-16H2. The maximum Gasteiger partial charge on any atom is 0.150 e. The van der Waals surface area contributed by atoms with E-state index < -0.39 is 0 Å². The van der Waals surface area contributed by atoms with Gasteiger partial charge in [-0.25, -0.2) is 0 Å². The van der Waals surface area contributed by atoms with Gasteiger partial charge in [-0.2, -0.15) is 0 Å². The van der Waals surface area contributed by atoms with Gasteiger partial charge in [-0.3, -0.25) is 4.79 Å². The zero-order chi connectivity index (χ0) is 16.6. The Morgan fingerprint density at radius 2 is 1.29 bits per heavy atom. The maximum absolute atomic E-state index is 10.8. The second-order valence-corrected chi connectivity index (χ2v) is 5.40. The summed E-state index contributed by atoms with van der Waals surface area (Å²) in [7, 11) is 0. The van der Waals surface area contributed by atoms with Crippen molar-refractivity contribution in [3.05, 3.63) is 95.6 Å². The van der Waals surface area contributed by atoms with Crippen LogP contribution in [0, 0.1) is 0 Å². The van der Waals surface area contributed by atoms with Gasteiger partial charge < -0.3 is 9.47 Å². The molecule has 0 saturated heterocycles. The van der Waals surface area contributed by atoms with Crippen LogP contribution in [0.1, 0.15) is 21.5 Å². The highest BCUT2D eigenvalue weighted by molar-refractivity contribution is 5.75. The van der Waals surface area contributed by atoms with Crippen molar-refractivity contribution in [2.24, 2.45) is 0 Å². The van der Waals surface area contributed by atoms with Crippen LogP contribution in [-0.2, 0) is 13.2 Å². The van der Waals surface area contributed by atoms with Crippen molar-refractivity contribution < 1.29 is 14.3 Å². The molecule has 0 spiro atoms. The molecule has 24 heavy (non-hydrogen) atoms. The van der Waals surface area contributed by atoms with E-state index in [1.807, 2.05) is 60.7 Å². The Kier molecular flexibility index (Phi) is 5.25. The summed E-state index contributed by atoms with van der Waals surface area (Å²) in [4.78, 5) is 10.8. The second-order valence-electron chi connectivity index (χ2n) is 5.40. The quantitative estimate of drug-likeness (QED) is 0.595. The van der Waals surface area contributed by atoms with Crippen LogP contribution in [0.4, 0.5) is 0 Å². The normalized spacial score (nSPS) is 10.2. The third-order valence-corrected chi connectivity index (χ3v) is 3.55. The van der Waals surface area contributed by atoms with Crippen molar-refractivity contribution in [2.75, 3.05) is 0 Å². The average molecular weight is 318 g/mol. The van der Waals surface area contributed by atoms with Crippen LogP contribution in [0.3, 0.4) is 0 Å². The third-order valence-electron chi connectivity index (χ3n) is 3.55. The van der Waals surface area contributed by atoms with E-state index in [1.54, 1.807) is 18.2 Å². The molecule has 0 amide bonds. The zero-order valence-corrected chi connectivity index (χ0v) is 13.2. The molecule has 0 bridgehead atoms. The lowest BCUT2D eigenvalue weighted by Crippen LogP contribution is -1.98. The molecule has 3 aromatic rings. The summed E-state index contributed by atoms with van der Waals surface area (Å²) >= 11 is 0. The molecule has 0 aliphatic heterocycles. The first kappa shape index (κ1) is 15.8. The van der Waals surface area contributed by atoms with Crippen LogP contribution in [0.5, 0.6) is 11.5 Å². The predicted molar refractivity (Wildman–Crippen MR) is 93.4 cm³/mol. The van der Waals surface area contributed by atoms with Crippen molar-refractivity contribution in [3.8, 4) is 11.5 Å². The van der Waals surface area contributed by atoms with Crippen LogP contribution in [-0.4, -0.2) is 6.29 Å². The van der Waals surface area contributed by atoms with Crippen LogP contribution >= 0.6 is 0 Å². The Morgan fingerprint density at radius 3 is 2.04 bits per heavy atom. The van der Waals surface area contributed by atoms with Crippen molar-refractivity contribution >= 4 is 6.29 Å². The topological polar surface area (TPSA) is 35.5 Å². The largest absolute Gasteiger partial charge is 0.489 e. The highest BCUT2D eigenvalue weighted by atomic mass is 16.5. The summed E-state index contributed by atoms with van der Waals surface area (Å²) in [6.07, 6.45) is 0.810. The minimum Gasteiger partial charge on any atom is -0.489 e. The lowest BCUT2D eigenvalue weighted by Gasteiger charge is -2.10. The average Bonchev–Trinajstić information content (AvgIpc) is 2.66. The molecule has 0 aromatic heterocycles. The van der Waals surface area contributed by atoms with E-state index in [2.05, 4.69) is 0 Å². The molecule has 0 aliphatic rings. The van der Waals surface area contributed by atoms with E-state index in [1.165, 1.54) is 0 Å². The highest BCUT2D eigenvalue weighted by Crippen LogP contribution is 2.18. The van der Waals surface area contributed by atoms with Gasteiger partial charge in [-0.05, 0) is 35.4 Å². The summed E-state index contributed by atoms with van der Waals surface area (Å²) < 4.78 is 11.6. The van der Waals surface area contributed by atoms with E-state index >= 15 is 0 Å². The first-order chi connectivity index (χ1) is 11.8. The molecule has 0 atom stereocenters. The Balaban J connectivity index is 1.59. The van der Waals surface area contributed by atoms with Gasteiger partial charge in [0, 0.05) is 5.56 Å². The fourth-order valence-electron chi connectivity index (χ4n) is 2.31. The molecule has 0 unspecified atom stereocenters. The van der Waals surface area contributed by atoms with E-state index in [4.69, 9.17) is 9.47 Å². The van der Waals surface area contributed by atoms with Crippen molar-refractivity contribution in [1.29, 1.82) is 0 Å². The van der Waals surface area contributed by atoms with Crippen molar-refractivity contribution in [2.45, 2.75) is 13.2 Å². The Hall–Kier alpha value is -3.07. The van der Waals surface area contributed by atoms with Crippen LogP contribution < -0.4 is 9.47 Å². The lowest BCUT2D eigenvalue weighted by molar-refractivity contribution is 0.112. The van der Waals surface area contributed by atoms with Gasteiger partial charge in [-0.15, -0.1) is 0 Å². The molecule has 3 aromatic carbocycles. The summed E-state index contributed by atoms with van der Waals surface area (Å²) in [5.41, 5.74) is 2.74. The van der Waals surface area contributed by atoms with Crippen molar-refractivity contribution in [1.82, 2.24) is 0 Å². The number of carbonyl (C=O) groups excluding carboxylic acids is 1. The fraction of sp³-hybridized carbons (Fsp3) is 0.0952. The minimum atomic E-state index is 0.421. The SMILES string of the molecule is O=Cc1cccc(OCc2cccc(OCc3ccccc3)c2)c1. The summed E-state index contributed by atoms with van der Waals surface area (Å²) in [6, 6.07) is 25.0. The van der Waals surface area contributed by atoms with E-state index in [9.17, 15) is 4.79 Å². The highest BCUT2D eigenvalue weighted by Gasteiger charge is 2.01. The van der Waals surface area contributed by atoms with E-state index in [-0.39, 0.29) is 0 Å². The van der Waals surface area contributed by atoms with E-state index in [0.29, 0.717) is 24.5 Å². The van der Waals surface area contributed by atoms with Crippen LogP contribution in [0.15, 0.2) is 78.9 Å². The number of benzene rings is 3. The maximum atomic E-state index is 10.8. The number of hydrogen-bond donors (Lipinski definition) is 0. The molecule has 3 heteroatoms. The molecule has 120 valence electrons. The van der Waals surface area contributed by atoms with Gasteiger partial charge in [-0.1, -0.05) is 54.6 Å². The molecule has 0 radical (unpaired) electrons. The zero-order valence-electron chi connectivity index (χ0n) is 13.2. The monoisotopic (exact) mass is 318 g/mol. The molecule has 0 fully saturated rings. The Bertz CT molecular complexity index is 797. The van der Waals surface area contributed by atoms with Gasteiger partial charge in [0.15, 0.2) is 0 Å². The first-order valence-electron chi connectivity index (χ1n) is 7.77. The predicted octanol–water partition coefficient (Wildman–Crippen LogP) is 4.66. The van der Waals surface area contributed by atoms with Gasteiger partial charge in [0.25, 0.3) is 0 Å². The minimum absolute atomic E-state index is 0.421. The number of hydrogen-bond acceptors (Lipinski definition) is 3. The number of rotatable bonds is 7. The molecular formula is C21H18O3. The first-order valence-corrected chi connectivity index (χ1v) is 7.77. The molecule has 3 nitrogen and oxygen atoms in total. The summed E-state index contributed by atoms with van der Waals surface area (Å²) in [5.74, 6) is 1.48. The Labute approximate surface area is 141 Å². The number of carbonyl (C=O) groups is 1. The molecule has 0 heterocycles. The van der Waals surface area contributed by atoms with Crippen LogP contribution in [0.25, 0.3) is 0 Å². The van der Waals surface area contributed by atoms with Gasteiger partial charge in [0.1, 0.15) is 31.0 Å². The molecular weight excluding hydrogens is 300 g/mol. The smallest absolute Gasteiger partial charge is 0.150 e. The van der Waals surface area contributed by atoms with E-state index in [0.717, 1.165) is 23.2 Å². The third kappa shape index (κ3) is 4.46.